The molecule has 0 aliphatic carbocycles. The van der Waals surface area contributed by atoms with Crippen molar-refractivity contribution >= 4 is 12.7 Å². The maximum atomic E-state index is 9.31. The van der Waals surface area contributed by atoms with Gasteiger partial charge in [-0.3, -0.25) is 5.41 Å². The first-order chi connectivity index (χ1) is 3.27. The quantitative estimate of drug-likeness (QED) is 0.228. The van der Waals surface area contributed by atoms with Crippen LogP contribution in [0.2, 0.25) is 0 Å². The van der Waals surface area contributed by atoms with Crippen molar-refractivity contribution < 1.29 is 4.92 Å². The van der Waals surface area contributed by atoms with Crippen molar-refractivity contribution in [1.82, 2.24) is 0 Å². The predicted molar refractivity (Wildman–Crippen MR) is 24.3 cm³/mol. The van der Waals surface area contributed by atoms with Gasteiger partial charge in [-0.25, -0.2) is 0 Å². The summed E-state index contributed by atoms with van der Waals surface area (Å²) in [6.07, 6.45) is 1.05. The molecule has 0 aromatic heterocycles. The van der Waals surface area contributed by atoms with Crippen LogP contribution in [0.4, 0.5) is 0 Å². The summed E-state index contributed by atoms with van der Waals surface area (Å²) in [5.41, 5.74) is 0. The van der Waals surface area contributed by atoms with Crippen LogP contribution in [0, 0.1) is 15.5 Å². The normalized spacial score (nSPS) is 9.14. The van der Waals surface area contributed by atoms with Gasteiger partial charge in [0.25, 0.3) is 0 Å². The van der Waals surface area contributed by atoms with Crippen LogP contribution < -0.4 is 0 Å². The van der Waals surface area contributed by atoms with Gasteiger partial charge in [0, 0.05) is 0 Å². The Morgan fingerprint density at radius 1 is 1.86 bits per heavy atom. The van der Waals surface area contributed by atoms with Crippen molar-refractivity contribution in [2.45, 2.75) is 0 Å². The first-order valence-electron chi connectivity index (χ1n) is 1.43. The first-order valence-corrected chi connectivity index (χ1v) is 1.43. The molecule has 5 nitrogen and oxygen atoms in total. The van der Waals surface area contributed by atoms with Gasteiger partial charge in [0.15, 0.2) is 0 Å². The molecular formula is C2H3N3O2. The van der Waals surface area contributed by atoms with Crippen LogP contribution in [0.5, 0.6) is 0 Å². The van der Waals surface area contributed by atoms with E-state index in [1.165, 1.54) is 0 Å². The molecule has 0 aromatic rings. The summed E-state index contributed by atoms with van der Waals surface area (Å²) in [5, 5.41) is 15.5. The van der Waals surface area contributed by atoms with E-state index in [0.717, 1.165) is 0 Å². The van der Waals surface area contributed by atoms with E-state index in [0.29, 0.717) is 12.7 Å². The van der Waals surface area contributed by atoms with Crippen molar-refractivity contribution in [3.63, 3.8) is 0 Å². The highest BCUT2D eigenvalue weighted by molar-refractivity contribution is 5.64. The van der Waals surface area contributed by atoms with E-state index in [-0.39, 0.29) is 0 Å². The fourth-order valence-corrected chi connectivity index (χ4v) is 0.0878. The largest absolute Gasteiger partial charge is 0.358 e. The Balaban J connectivity index is 3.46. The highest BCUT2D eigenvalue weighted by Crippen LogP contribution is 1.55. The Bertz CT molecular complexity index is 108. The van der Waals surface area contributed by atoms with Crippen molar-refractivity contribution in [2.75, 3.05) is 0 Å². The molecule has 0 fully saturated rings. The molecule has 38 valence electrons. The highest BCUT2D eigenvalue weighted by atomic mass is 16.6. The van der Waals surface area contributed by atoms with E-state index < -0.39 is 4.92 Å². The van der Waals surface area contributed by atoms with Gasteiger partial charge in [0.1, 0.15) is 0 Å². The number of hydrogen-bond acceptors (Lipinski definition) is 3. The molecule has 0 unspecified atom stereocenters. The van der Waals surface area contributed by atoms with E-state index in [9.17, 15) is 10.1 Å². The number of nitro groups is 1. The molecule has 0 atom stereocenters. The number of nitrogens with zero attached hydrogens (tertiary/aromatic N) is 2. The van der Waals surface area contributed by atoms with Gasteiger partial charge in [-0.2, -0.15) is 0 Å². The number of rotatable bonds is 2. The Kier molecular flexibility index (Phi) is 2.42. The zero-order valence-corrected chi connectivity index (χ0v) is 3.37. The fraction of sp³-hybridized carbons (Fsp3) is 0. The summed E-state index contributed by atoms with van der Waals surface area (Å²) in [6, 6.07) is 0. The SMILES string of the molecule is N=CN=C[N+](=O)[O-]. The maximum Gasteiger partial charge on any atom is 0.328 e. The van der Waals surface area contributed by atoms with E-state index in [1.807, 2.05) is 0 Å². The third-order valence-corrected chi connectivity index (χ3v) is 0.235. The van der Waals surface area contributed by atoms with Crippen molar-refractivity contribution in [3.8, 4) is 0 Å². The third kappa shape index (κ3) is 4.74. The van der Waals surface area contributed by atoms with Gasteiger partial charge in [-0.15, -0.1) is 0 Å². The van der Waals surface area contributed by atoms with Crippen LogP contribution in [0.25, 0.3) is 0 Å². The molecule has 0 radical (unpaired) electrons. The molecule has 0 aliphatic rings. The van der Waals surface area contributed by atoms with Gasteiger partial charge < -0.3 is 10.1 Å². The van der Waals surface area contributed by atoms with E-state index in [1.54, 1.807) is 0 Å². The molecule has 0 heterocycles. The van der Waals surface area contributed by atoms with Crippen LogP contribution >= 0.6 is 0 Å². The topological polar surface area (TPSA) is 79.3 Å². The first kappa shape index (κ1) is 5.74. The summed E-state index contributed by atoms with van der Waals surface area (Å²) in [4.78, 5) is 11.5. The second-order valence-electron chi connectivity index (χ2n) is 0.679. The summed E-state index contributed by atoms with van der Waals surface area (Å²) in [5.74, 6) is 0. The predicted octanol–water partition coefficient (Wildman–Crippen LogP) is -0.102. The molecule has 5 heteroatoms. The molecule has 0 aromatic carbocycles. The smallest absolute Gasteiger partial charge is 0.328 e. The molecule has 0 aliphatic heterocycles. The summed E-state index contributed by atoms with van der Waals surface area (Å²) in [7, 11) is 0. The molecule has 0 rings (SSSR count). The average molecular weight is 101 g/mol. The molecule has 1 N–H and O–H groups in total. The van der Waals surface area contributed by atoms with Gasteiger partial charge in [0.2, 0.25) is 6.34 Å². The minimum absolute atomic E-state index is 0.451. The summed E-state index contributed by atoms with van der Waals surface area (Å²) in [6.45, 7) is 0. The van der Waals surface area contributed by atoms with Crippen LogP contribution in [-0.4, -0.2) is 17.6 Å². The maximum absolute atomic E-state index is 9.31. The standard InChI is InChI=1S/C2H3N3O2/c3-1-4-2-5(6)7/h1-3H. The number of nitrogens with one attached hydrogen (secondary N) is 1. The zero-order chi connectivity index (χ0) is 5.70. The molecular weight excluding hydrogens is 98.0 g/mol. The number of hydrogen-bond donors (Lipinski definition) is 1. The van der Waals surface area contributed by atoms with Crippen LogP contribution in [0.15, 0.2) is 4.99 Å². The Labute approximate surface area is 39.3 Å². The van der Waals surface area contributed by atoms with Crippen LogP contribution in [0.3, 0.4) is 0 Å². The zero-order valence-electron chi connectivity index (χ0n) is 3.37. The van der Waals surface area contributed by atoms with Gasteiger partial charge in [-0.1, -0.05) is 0 Å². The molecule has 0 amide bonds. The third-order valence-electron chi connectivity index (χ3n) is 0.235. The molecule has 0 saturated heterocycles. The van der Waals surface area contributed by atoms with Crippen molar-refractivity contribution in [2.24, 2.45) is 4.99 Å². The van der Waals surface area contributed by atoms with Gasteiger partial charge >= 0.3 is 6.34 Å². The summed E-state index contributed by atoms with van der Waals surface area (Å²) >= 11 is 0. The van der Waals surface area contributed by atoms with Gasteiger partial charge in [-0.05, 0) is 9.92 Å². The fourth-order valence-electron chi connectivity index (χ4n) is 0.0878. The van der Waals surface area contributed by atoms with Crippen molar-refractivity contribution in [3.05, 3.63) is 10.1 Å². The summed E-state index contributed by atoms with van der Waals surface area (Å²) < 4.78 is 0. The van der Waals surface area contributed by atoms with Crippen molar-refractivity contribution in [1.29, 1.82) is 5.41 Å². The van der Waals surface area contributed by atoms with Gasteiger partial charge in [0.05, 0.1) is 0 Å². The Morgan fingerprint density at radius 3 is 2.57 bits per heavy atom. The lowest BCUT2D eigenvalue weighted by atomic mass is 11.2. The minimum atomic E-state index is -0.731. The monoisotopic (exact) mass is 101 g/mol. The minimum Gasteiger partial charge on any atom is -0.358 e. The van der Waals surface area contributed by atoms with Crippen LogP contribution in [-0.2, 0) is 0 Å². The second-order valence-corrected chi connectivity index (χ2v) is 0.679. The number of aliphatic imine (C=N–C) groups is 1. The lowest BCUT2D eigenvalue weighted by Crippen LogP contribution is -1.91. The molecule has 7 heavy (non-hydrogen) atoms. The molecule has 0 bridgehead atoms. The van der Waals surface area contributed by atoms with E-state index in [2.05, 4.69) is 4.99 Å². The second kappa shape index (κ2) is 2.95. The van der Waals surface area contributed by atoms with Crippen LogP contribution in [0.1, 0.15) is 0 Å². The molecule has 0 saturated carbocycles. The highest BCUT2D eigenvalue weighted by Gasteiger charge is 1.76. The lowest BCUT2D eigenvalue weighted by Gasteiger charge is -1.74. The molecule has 0 spiro atoms. The van der Waals surface area contributed by atoms with E-state index in [4.69, 9.17) is 5.41 Å². The Morgan fingerprint density at radius 2 is 2.43 bits per heavy atom. The Hall–Kier alpha value is -1.26. The van der Waals surface area contributed by atoms with E-state index >= 15 is 0 Å². The lowest BCUT2D eigenvalue weighted by molar-refractivity contribution is -0.338. The average Bonchev–Trinajstić information content (AvgIpc) is 1.61.